The van der Waals surface area contributed by atoms with Crippen molar-refractivity contribution >= 4 is 21.5 Å². The Kier molecular flexibility index (Phi) is 14.3. The molecule has 11 heteroatoms. The van der Waals surface area contributed by atoms with Crippen LogP contribution in [0.5, 0.6) is 0 Å². The third kappa shape index (κ3) is 12.1. The quantitative estimate of drug-likeness (QED) is 0.384. The van der Waals surface area contributed by atoms with Gasteiger partial charge in [0.1, 0.15) is 0 Å². The Morgan fingerprint density at radius 2 is 1.74 bits per heavy atom. The van der Waals surface area contributed by atoms with Gasteiger partial charge in [0.2, 0.25) is 0 Å². The van der Waals surface area contributed by atoms with Crippen LogP contribution in [0.2, 0.25) is 0 Å². The molecule has 0 unspecified atom stereocenters. The normalized spacial score (nSPS) is 11.6. The van der Waals surface area contributed by atoms with Gasteiger partial charge in [-0.2, -0.15) is 21.6 Å². The molecule has 1 heterocycles. The Hall–Kier alpha value is -2.47. The van der Waals surface area contributed by atoms with E-state index in [1.807, 2.05) is 20.8 Å². The number of alkyl halides is 3. The number of aliphatic hydroxyl groups excluding tert-OH is 1. The topological polar surface area (TPSA) is 91.8 Å². The molecule has 0 saturated carbocycles. The lowest BCUT2D eigenvalue weighted by Gasteiger charge is -2.27. The number of hydrazine groups is 1. The number of aryl methyl sites for hydroxylation is 1. The SMILES string of the molecule is CC.CNN(/C(=C\CC(F)(F)F)c1ccc(CCOS(C)(=O)=O)cc1)c1ccc(C)nc1.CO. The Morgan fingerprint density at radius 3 is 2.18 bits per heavy atom. The third-order valence-electron chi connectivity index (χ3n) is 4.08. The minimum absolute atomic E-state index is 0.00731. The summed E-state index contributed by atoms with van der Waals surface area (Å²) in [5.74, 6) is 0. The predicted molar refractivity (Wildman–Crippen MR) is 130 cm³/mol. The van der Waals surface area contributed by atoms with E-state index in [-0.39, 0.29) is 6.61 Å². The van der Waals surface area contributed by atoms with Gasteiger partial charge in [0, 0.05) is 19.9 Å². The molecule has 1 aromatic heterocycles. The standard InChI is InChI=1S/C20H24F3N3O3S.C2H6.CH4O/c1-15-4-9-18(14-25-15)26(24-2)19(10-12-20(21,22)23)17-7-5-16(6-8-17)11-13-29-30(3,27)28;2*1-2/h4-10,14,24H,11-13H2,1-3H3;1-2H3;2H,1H3/b19-10-;;. The fraction of sp³-hybridized carbons (Fsp3) is 0.435. The summed E-state index contributed by atoms with van der Waals surface area (Å²) in [7, 11) is -0.913. The van der Waals surface area contributed by atoms with E-state index in [1.54, 1.807) is 49.6 Å². The molecule has 2 N–H and O–H groups in total. The summed E-state index contributed by atoms with van der Waals surface area (Å²) in [6, 6.07) is 10.4. The van der Waals surface area contributed by atoms with E-state index in [0.29, 0.717) is 23.4 Å². The van der Waals surface area contributed by atoms with Crippen molar-refractivity contribution in [3.8, 4) is 0 Å². The lowest BCUT2D eigenvalue weighted by molar-refractivity contribution is -0.124. The van der Waals surface area contributed by atoms with Crippen molar-refractivity contribution in [1.82, 2.24) is 10.4 Å². The van der Waals surface area contributed by atoms with Gasteiger partial charge in [0.05, 0.1) is 36.9 Å². The number of halogens is 3. The van der Waals surface area contributed by atoms with E-state index < -0.39 is 22.7 Å². The van der Waals surface area contributed by atoms with E-state index in [1.165, 1.54) is 5.01 Å². The van der Waals surface area contributed by atoms with Gasteiger partial charge < -0.3 is 5.11 Å². The van der Waals surface area contributed by atoms with Gasteiger partial charge in [0.25, 0.3) is 10.1 Å². The summed E-state index contributed by atoms with van der Waals surface area (Å²) in [4.78, 5) is 4.21. The Balaban J connectivity index is 0.00000258. The van der Waals surface area contributed by atoms with Crippen molar-refractivity contribution in [2.24, 2.45) is 0 Å². The van der Waals surface area contributed by atoms with Gasteiger partial charge in [-0.25, -0.2) is 5.43 Å². The molecule has 2 aromatic rings. The van der Waals surface area contributed by atoms with Crippen LogP contribution in [0, 0.1) is 6.92 Å². The number of nitrogens with one attached hydrogen (secondary N) is 1. The van der Waals surface area contributed by atoms with Crippen molar-refractivity contribution in [2.45, 2.75) is 39.8 Å². The molecule has 0 aliphatic carbocycles. The first-order chi connectivity index (χ1) is 16.0. The largest absolute Gasteiger partial charge is 0.400 e. The monoisotopic (exact) mass is 505 g/mol. The lowest BCUT2D eigenvalue weighted by Crippen LogP contribution is -2.33. The molecule has 0 fully saturated rings. The second kappa shape index (κ2) is 15.4. The zero-order valence-corrected chi connectivity index (χ0v) is 21.2. The van der Waals surface area contributed by atoms with Crippen LogP contribution in [-0.2, 0) is 20.7 Å². The van der Waals surface area contributed by atoms with Gasteiger partial charge >= 0.3 is 6.18 Å². The fourth-order valence-corrected chi connectivity index (χ4v) is 3.07. The number of pyridine rings is 1. The molecule has 192 valence electrons. The second-order valence-electron chi connectivity index (χ2n) is 6.60. The summed E-state index contributed by atoms with van der Waals surface area (Å²) < 4.78 is 65.5. The molecule has 7 nitrogen and oxygen atoms in total. The molecule has 0 aliphatic heterocycles. The van der Waals surface area contributed by atoms with Gasteiger partial charge in [-0.05, 0) is 42.7 Å². The van der Waals surface area contributed by atoms with E-state index in [4.69, 9.17) is 9.29 Å². The number of anilines is 1. The number of aromatic nitrogens is 1. The highest BCUT2D eigenvalue weighted by Gasteiger charge is 2.26. The number of rotatable bonds is 9. The maximum atomic E-state index is 12.9. The number of benzene rings is 1. The molecule has 34 heavy (non-hydrogen) atoms. The molecular weight excluding hydrogens is 471 g/mol. The number of hydrogen-bond acceptors (Lipinski definition) is 7. The molecule has 0 radical (unpaired) electrons. The van der Waals surface area contributed by atoms with Crippen LogP contribution in [0.4, 0.5) is 18.9 Å². The van der Waals surface area contributed by atoms with Gasteiger partial charge in [0.15, 0.2) is 0 Å². The fourth-order valence-electron chi connectivity index (χ4n) is 2.68. The van der Waals surface area contributed by atoms with Crippen molar-refractivity contribution in [3.05, 3.63) is 65.5 Å². The first-order valence-corrected chi connectivity index (χ1v) is 12.4. The lowest BCUT2D eigenvalue weighted by atomic mass is 10.1. The zero-order valence-electron chi connectivity index (χ0n) is 20.3. The first kappa shape index (κ1) is 31.5. The van der Waals surface area contributed by atoms with E-state index in [9.17, 15) is 21.6 Å². The second-order valence-corrected chi connectivity index (χ2v) is 8.24. The molecule has 0 saturated heterocycles. The highest BCUT2D eigenvalue weighted by molar-refractivity contribution is 7.85. The zero-order chi connectivity index (χ0) is 26.4. The van der Waals surface area contributed by atoms with Gasteiger partial charge in [-0.15, -0.1) is 0 Å². The molecule has 2 rings (SSSR count). The van der Waals surface area contributed by atoms with E-state index in [2.05, 4.69) is 10.4 Å². The number of aliphatic hydroxyl groups is 1. The van der Waals surface area contributed by atoms with Crippen LogP contribution in [0.15, 0.2) is 48.7 Å². The van der Waals surface area contributed by atoms with E-state index >= 15 is 0 Å². The number of nitrogens with zero attached hydrogens (tertiary/aromatic N) is 2. The number of hydrogen-bond donors (Lipinski definition) is 2. The van der Waals surface area contributed by atoms with Crippen molar-refractivity contribution in [2.75, 3.05) is 32.0 Å². The maximum Gasteiger partial charge on any atom is 0.392 e. The van der Waals surface area contributed by atoms with Crippen molar-refractivity contribution in [1.29, 1.82) is 0 Å². The van der Waals surface area contributed by atoms with Crippen LogP contribution in [0.3, 0.4) is 0 Å². The molecule has 0 aliphatic rings. The molecule has 0 amide bonds. The van der Waals surface area contributed by atoms with Gasteiger partial charge in [-0.1, -0.05) is 38.1 Å². The minimum Gasteiger partial charge on any atom is -0.400 e. The highest BCUT2D eigenvalue weighted by Crippen LogP contribution is 2.28. The highest BCUT2D eigenvalue weighted by atomic mass is 32.2. The average Bonchev–Trinajstić information content (AvgIpc) is 2.79. The van der Waals surface area contributed by atoms with Gasteiger partial charge in [-0.3, -0.25) is 14.2 Å². The molecule has 1 aromatic carbocycles. The van der Waals surface area contributed by atoms with Crippen LogP contribution >= 0.6 is 0 Å². The van der Waals surface area contributed by atoms with Crippen molar-refractivity contribution < 1.29 is 30.9 Å². The third-order valence-corrected chi connectivity index (χ3v) is 4.68. The summed E-state index contributed by atoms with van der Waals surface area (Å²) >= 11 is 0. The van der Waals surface area contributed by atoms with Crippen LogP contribution < -0.4 is 10.4 Å². The molecular formula is C23H34F3N3O4S. The smallest absolute Gasteiger partial charge is 0.392 e. The Morgan fingerprint density at radius 1 is 1.15 bits per heavy atom. The van der Waals surface area contributed by atoms with Crippen LogP contribution in [0.25, 0.3) is 5.70 Å². The maximum absolute atomic E-state index is 12.9. The summed E-state index contributed by atoms with van der Waals surface area (Å²) in [5, 5.41) is 8.53. The minimum atomic E-state index is -4.35. The van der Waals surface area contributed by atoms with Crippen LogP contribution in [0.1, 0.15) is 37.1 Å². The van der Waals surface area contributed by atoms with Crippen molar-refractivity contribution in [3.63, 3.8) is 0 Å². The summed E-state index contributed by atoms with van der Waals surface area (Å²) in [5.41, 5.74) is 5.96. The first-order valence-electron chi connectivity index (χ1n) is 10.5. The number of allylic oxidation sites excluding steroid dienone is 1. The molecule has 0 bridgehead atoms. The molecule has 0 spiro atoms. The predicted octanol–water partition coefficient (Wildman–Crippen LogP) is 4.48. The molecule has 0 atom stereocenters. The Labute approximate surface area is 200 Å². The van der Waals surface area contributed by atoms with E-state index in [0.717, 1.165) is 30.7 Å². The Bertz CT molecular complexity index is 962. The summed E-state index contributed by atoms with van der Waals surface area (Å²) in [6.07, 6.45) is -1.43. The average molecular weight is 506 g/mol. The summed E-state index contributed by atoms with van der Waals surface area (Å²) in [6.45, 7) is 5.81. The van der Waals surface area contributed by atoms with Crippen LogP contribution in [-0.4, -0.2) is 51.7 Å².